The summed E-state index contributed by atoms with van der Waals surface area (Å²) in [6, 6.07) is 22.7. The van der Waals surface area contributed by atoms with Gasteiger partial charge < -0.3 is 4.74 Å². The van der Waals surface area contributed by atoms with E-state index in [4.69, 9.17) is 4.74 Å². The van der Waals surface area contributed by atoms with E-state index in [9.17, 15) is 9.18 Å². The van der Waals surface area contributed by atoms with Crippen LogP contribution in [0.1, 0.15) is 11.1 Å². The zero-order chi connectivity index (χ0) is 19.5. The molecule has 1 heterocycles. The van der Waals surface area contributed by atoms with Crippen molar-refractivity contribution in [3.8, 4) is 5.75 Å². The third kappa shape index (κ3) is 3.30. The number of aliphatic imine (C=N–C) groups is 1. The average Bonchev–Trinajstić information content (AvgIpc) is 3.06. The molecule has 3 aromatic carbocycles. The molecule has 5 heteroatoms. The Labute approximate surface area is 162 Å². The zero-order valence-corrected chi connectivity index (χ0v) is 15.2. The minimum absolute atomic E-state index is 0.271. The molecule has 1 amide bonds. The highest BCUT2D eigenvalue weighted by molar-refractivity contribution is 6.33. The van der Waals surface area contributed by atoms with E-state index in [1.165, 1.54) is 12.1 Å². The fourth-order valence-corrected chi connectivity index (χ4v) is 3.05. The Balaban J connectivity index is 1.84. The second-order valence-corrected chi connectivity index (χ2v) is 6.19. The quantitative estimate of drug-likeness (QED) is 0.625. The summed E-state index contributed by atoms with van der Waals surface area (Å²) < 4.78 is 18.6. The SMILES string of the molecule is COc1ccccc1N1C(=O)/C(=C/c2ccc(F)cc2)N=C1c1ccccc1. The molecule has 0 saturated heterocycles. The number of benzene rings is 3. The maximum Gasteiger partial charge on any atom is 0.282 e. The van der Waals surface area contributed by atoms with Crippen LogP contribution in [0.5, 0.6) is 5.75 Å². The van der Waals surface area contributed by atoms with Crippen molar-refractivity contribution in [3.05, 3.63) is 102 Å². The Kier molecular flexibility index (Phi) is 4.72. The van der Waals surface area contributed by atoms with Gasteiger partial charge >= 0.3 is 0 Å². The van der Waals surface area contributed by atoms with E-state index >= 15 is 0 Å². The van der Waals surface area contributed by atoms with Gasteiger partial charge in [0, 0.05) is 5.56 Å². The summed E-state index contributed by atoms with van der Waals surface area (Å²) in [5.74, 6) is 0.489. The van der Waals surface area contributed by atoms with Crippen LogP contribution in [-0.4, -0.2) is 18.9 Å². The van der Waals surface area contributed by atoms with Crippen molar-refractivity contribution in [2.45, 2.75) is 0 Å². The average molecular weight is 372 g/mol. The molecule has 0 N–H and O–H groups in total. The molecule has 0 aliphatic carbocycles. The molecule has 4 rings (SSSR count). The first-order chi connectivity index (χ1) is 13.7. The highest BCUT2D eigenvalue weighted by atomic mass is 19.1. The second-order valence-electron chi connectivity index (χ2n) is 6.19. The molecule has 28 heavy (non-hydrogen) atoms. The van der Waals surface area contributed by atoms with E-state index in [1.54, 1.807) is 36.3 Å². The molecule has 0 fully saturated rings. The normalized spacial score (nSPS) is 15.1. The molecular formula is C23H17FN2O2. The van der Waals surface area contributed by atoms with Crippen LogP contribution >= 0.6 is 0 Å². The van der Waals surface area contributed by atoms with Gasteiger partial charge in [-0.05, 0) is 35.9 Å². The second kappa shape index (κ2) is 7.48. The summed E-state index contributed by atoms with van der Waals surface area (Å²) in [6.45, 7) is 0. The van der Waals surface area contributed by atoms with E-state index in [2.05, 4.69) is 4.99 Å². The number of amidine groups is 1. The van der Waals surface area contributed by atoms with Crippen LogP contribution in [0.4, 0.5) is 10.1 Å². The number of amides is 1. The molecule has 0 radical (unpaired) electrons. The standard InChI is InChI=1S/C23H17FN2O2/c1-28-21-10-6-5-9-20(21)26-22(17-7-3-2-4-8-17)25-19(23(26)27)15-16-11-13-18(24)14-12-16/h2-15H,1H3/b19-15-. The number of hydrogen-bond acceptors (Lipinski definition) is 3. The summed E-state index contributed by atoms with van der Waals surface area (Å²) >= 11 is 0. The Morgan fingerprint density at radius 2 is 1.61 bits per heavy atom. The van der Waals surface area contributed by atoms with E-state index in [0.717, 1.165) is 5.56 Å². The molecule has 0 saturated carbocycles. The molecule has 0 atom stereocenters. The summed E-state index contributed by atoms with van der Waals surface area (Å²) in [5.41, 5.74) is 2.39. The lowest BCUT2D eigenvalue weighted by molar-refractivity contribution is -0.113. The lowest BCUT2D eigenvalue weighted by Crippen LogP contribution is -2.33. The van der Waals surface area contributed by atoms with Crippen LogP contribution in [0.3, 0.4) is 0 Å². The molecule has 3 aromatic rings. The lowest BCUT2D eigenvalue weighted by atomic mass is 10.1. The van der Waals surface area contributed by atoms with Crippen LogP contribution in [-0.2, 0) is 4.79 Å². The predicted molar refractivity (Wildman–Crippen MR) is 108 cm³/mol. The number of ether oxygens (including phenoxy) is 1. The molecule has 1 aliphatic heterocycles. The van der Waals surface area contributed by atoms with Gasteiger partial charge in [0.2, 0.25) is 0 Å². The number of hydrogen-bond donors (Lipinski definition) is 0. The van der Waals surface area contributed by atoms with Gasteiger partial charge in [-0.3, -0.25) is 9.69 Å². The first kappa shape index (κ1) is 17.7. The molecule has 138 valence electrons. The van der Waals surface area contributed by atoms with Gasteiger partial charge in [0.15, 0.2) is 0 Å². The molecule has 0 aromatic heterocycles. The van der Waals surface area contributed by atoms with Gasteiger partial charge in [0.1, 0.15) is 23.1 Å². The monoisotopic (exact) mass is 372 g/mol. The minimum atomic E-state index is -0.330. The topological polar surface area (TPSA) is 41.9 Å². The number of rotatable bonds is 4. The Morgan fingerprint density at radius 1 is 0.929 bits per heavy atom. The van der Waals surface area contributed by atoms with E-state index in [0.29, 0.717) is 22.8 Å². The van der Waals surface area contributed by atoms with Crippen molar-refractivity contribution in [1.29, 1.82) is 0 Å². The number of methoxy groups -OCH3 is 1. The highest BCUT2D eigenvalue weighted by Gasteiger charge is 2.34. The first-order valence-electron chi connectivity index (χ1n) is 8.76. The van der Waals surface area contributed by atoms with Crippen LogP contribution in [0.25, 0.3) is 6.08 Å². The number of carbonyl (C=O) groups excluding carboxylic acids is 1. The largest absolute Gasteiger partial charge is 0.495 e. The first-order valence-corrected chi connectivity index (χ1v) is 8.76. The fourth-order valence-electron chi connectivity index (χ4n) is 3.05. The van der Waals surface area contributed by atoms with E-state index < -0.39 is 0 Å². The maximum absolute atomic E-state index is 13.2. The van der Waals surface area contributed by atoms with Gasteiger partial charge in [0.25, 0.3) is 5.91 Å². The Hall–Kier alpha value is -3.73. The molecule has 1 aliphatic rings. The maximum atomic E-state index is 13.2. The third-order valence-electron chi connectivity index (χ3n) is 4.39. The Bertz CT molecular complexity index is 1070. The highest BCUT2D eigenvalue weighted by Crippen LogP contribution is 2.34. The van der Waals surface area contributed by atoms with Crippen molar-refractivity contribution >= 4 is 23.5 Å². The number of para-hydroxylation sites is 2. The lowest BCUT2D eigenvalue weighted by Gasteiger charge is -2.20. The van der Waals surface area contributed by atoms with Crippen molar-refractivity contribution < 1.29 is 13.9 Å². The summed E-state index contributed by atoms with van der Waals surface area (Å²) in [6.07, 6.45) is 1.65. The molecule has 4 nitrogen and oxygen atoms in total. The number of nitrogens with zero attached hydrogens (tertiary/aromatic N) is 2. The zero-order valence-electron chi connectivity index (χ0n) is 15.2. The molecule has 0 unspecified atom stereocenters. The molecule has 0 spiro atoms. The van der Waals surface area contributed by atoms with Gasteiger partial charge in [-0.25, -0.2) is 9.38 Å². The number of carbonyl (C=O) groups is 1. The third-order valence-corrected chi connectivity index (χ3v) is 4.39. The van der Waals surface area contributed by atoms with Crippen molar-refractivity contribution in [1.82, 2.24) is 0 Å². The summed E-state index contributed by atoms with van der Waals surface area (Å²) in [4.78, 5) is 19.4. The van der Waals surface area contributed by atoms with Crippen LogP contribution in [0.15, 0.2) is 89.6 Å². The van der Waals surface area contributed by atoms with Gasteiger partial charge in [0.05, 0.1) is 12.8 Å². The fraction of sp³-hybridized carbons (Fsp3) is 0.0435. The molecule has 0 bridgehead atoms. The van der Waals surface area contributed by atoms with Crippen LogP contribution in [0.2, 0.25) is 0 Å². The van der Waals surface area contributed by atoms with Gasteiger partial charge in [-0.15, -0.1) is 0 Å². The number of halogens is 1. The number of anilines is 1. The molecular weight excluding hydrogens is 355 g/mol. The van der Waals surface area contributed by atoms with Crippen molar-refractivity contribution in [2.75, 3.05) is 12.0 Å². The Morgan fingerprint density at radius 3 is 2.32 bits per heavy atom. The van der Waals surface area contributed by atoms with E-state index in [-0.39, 0.29) is 17.4 Å². The van der Waals surface area contributed by atoms with Crippen molar-refractivity contribution in [3.63, 3.8) is 0 Å². The van der Waals surface area contributed by atoms with Crippen molar-refractivity contribution in [2.24, 2.45) is 4.99 Å². The van der Waals surface area contributed by atoms with Gasteiger partial charge in [-0.2, -0.15) is 0 Å². The van der Waals surface area contributed by atoms with E-state index in [1.807, 2.05) is 48.5 Å². The van der Waals surface area contributed by atoms with Crippen LogP contribution in [0, 0.1) is 5.82 Å². The smallest absolute Gasteiger partial charge is 0.282 e. The van der Waals surface area contributed by atoms with Crippen LogP contribution < -0.4 is 9.64 Å². The predicted octanol–water partition coefficient (Wildman–Crippen LogP) is 4.67. The van der Waals surface area contributed by atoms with Gasteiger partial charge in [-0.1, -0.05) is 54.6 Å². The summed E-state index contributed by atoms with van der Waals surface area (Å²) in [5, 5.41) is 0. The summed E-state index contributed by atoms with van der Waals surface area (Å²) in [7, 11) is 1.56. The minimum Gasteiger partial charge on any atom is -0.495 e.